The summed E-state index contributed by atoms with van der Waals surface area (Å²) in [7, 11) is 0. The van der Waals surface area contributed by atoms with Crippen LogP contribution in [-0.4, -0.2) is 73.5 Å². The van der Waals surface area contributed by atoms with Crippen molar-refractivity contribution in [1.82, 2.24) is 15.5 Å². The average Bonchev–Trinajstić information content (AvgIpc) is 2.91. The van der Waals surface area contributed by atoms with Crippen molar-refractivity contribution < 1.29 is 36.6 Å². The van der Waals surface area contributed by atoms with E-state index in [1.165, 1.54) is 18.2 Å². The number of carbonyl (C=O) groups excluding carboxylic acids is 2. The minimum Gasteiger partial charge on any atom is -0.396 e. The van der Waals surface area contributed by atoms with E-state index in [-0.39, 0.29) is 42.9 Å². The predicted molar refractivity (Wildman–Crippen MR) is 144 cm³/mol. The molecule has 0 aromatic heterocycles. The van der Waals surface area contributed by atoms with Gasteiger partial charge in [-0.25, -0.2) is 13.6 Å². The van der Waals surface area contributed by atoms with Crippen molar-refractivity contribution in [1.29, 1.82) is 0 Å². The highest BCUT2D eigenvalue weighted by molar-refractivity contribution is 6.31. The second-order valence-corrected chi connectivity index (χ2v) is 10.7. The number of aliphatic hydroxyl groups excluding tert-OH is 1. The second kappa shape index (κ2) is 13.2. The molecule has 0 radical (unpaired) electrons. The van der Waals surface area contributed by atoms with Crippen LogP contribution in [0.25, 0.3) is 0 Å². The Morgan fingerprint density at radius 2 is 1.73 bits per heavy atom. The lowest BCUT2D eigenvalue weighted by molar-refractivity contribution is -0.138. The monoisotopic (exact) mass is 603 g/mol. The number of nitrogens with one attached hydrogen (secondary N) is 3. The van der Waals surface area contributed by atoms with E-state index in [9.17, 15) is 31.5 Å². The summed E-state index contributed by atoms with van der Waals surface area (Å²) in [6.07, 6.45) is -3.85. The molecule has 1 saturated carbocycles. The van der Waals surface area contributed by atoms with E-state index in [0.717, 1.165) is 6.07 Å². The molecule has 4 N–H and O–H groups in total. The number of halogens is 6. The van der Waals surface area contributed by atoms with Gasteiger partial charge >= 0.3 is 12.2 Å². The number of benzene rings is 2. The molecule has 2 aromatic rings. The Bertz CT molecular complexity index is 1250. The first kappa shape index (κ1) is 30.8. The molecule has 14 heteroatoms. The first-order valence-electron chi connectivity index (χ1n) is 13.2. The third kappa shape index (κ3) is 8.20. The van der Waals surface area contributed by atoms with Crippen LogP contribution in [0.1, 0.15) is 35.2 Å². The van der Waals surface area contributed by atoms with Gasteiger partial charge in [0.25, 0.3) is 5.91 Å². The zero-order chi connectivity index (χ0) is 29.7. The number of aliphatic hydroxyl groups is 1. The van der Waals surface area contributed by atoms with Crippen molar-refractivity contribution in [3.8, 4) is 0 Å². The third-order valence-electron chi connectivity index (χ3n) is 7.31. The van der Waals surface area contributed by atoms with Crippen LogP contribution in [0.2, 0.25) is 5.02 Å². The highest BCUT2D eigenvalue weighted by Gasteiger charge is 2.30. The van der Waals surface area contributed by atoms with Crippen LogP contribution in [0.15, 0.2) is 30.3 Å². The number of alkyl halides is 3. The van der Waals surface area contributed by atoms with E-state index >= 15 is 0 Å². The standard InChI is InChI=1S/C27H31ClF5N5O3/c28-18-2-4-21(22(13-18)38-9-7-37(8-10-38)6-5-27(31,32)33)36-25(40)20-3-1-17(23(29)24(20)30)14-34-26(41)35-19-11-16(12-19)15-39/h1-4,13,16,19,39H,5-12,14-15H2,(H,36,40)(H2,34,35,41). The summed E-state index contributed by atoms with van der Waals surface area (Å²) in [6.45, 7) is 1.13. The second-order valence-electron chi connectivity index (χ2n) is 10.3. The van der Waals surface area contributed by atoms with Crippen molar-refractivity contribution in [3.05, 3.63) is 58.1 Å². The summed E-state index contributed by atoms with van der Waals surface area (Å²) in [5, 5.41) is 17.1. The molecule has 0 atom stereocenters. The first-order valence-corrected chi connectivity index (χ1v) is 13.6. The Morgan fingerprint density at radius 1 is 1.02 bits per heavy atom. The molecule has 3 amide bonds. The quantitative estimate of drug-likeness (QED) is 0.316. The summed E-state index contributed by atoms with van der Waals surface area (Å²) >= 11 is 6.16. The fourth-order valence-corrected chi connectivity index (χ4v) is 5.04. The average molecular weight is 604 g/mol. The molecule has 1 aliphatic carbocycles. The Balaban J connectivity index is 1.37. The molecule has 1 aliphatic heterocycles. The van der Waals surface area contributed by atoms with Crippen LogP contribution in [0.4, 0.5) is 38.1 Å². The Morgan fingerprint density at radius 3 is 2.39 bits per heavy atom. The maximum atomic E-state index is 14.9. The number of hydrogen-bond acceptors (Lipinski definition) is 5. The molecule has 224 valence electrons. The van der Waals surface area contributed by atoms with Crippen LogP contribution in [0, 0.1) is 17.6 Å². The Labute approximate surface area is 238 Å². The zero-order valence-corrected chi connectivity index (χ0v) is 22.8. The SMILES string of the molecule is O=C(NCc1ccc(C(=O)Nc2ccc(Cl)cc2N2CCN(CCC(F)(F)F)CC2)c(F)c1F)NC1CC(CO)C1. The van der Waals surface area contributed by atoms with Crippen molar-refractivity contribution in [2.45, 2.75) is 38.0 Å². The van der Waals surface area contributed by atoms with Gasteiger partial charge < -0.3 is 26.0 Å². The molecule has 2 aliphatic rings. The van der Waals surface area contributed by atoms with Gasteiger partial charge in [-0.05, 0) is 43.0 Å². The zero-order valence-electron chi connectivity index (χ0n) is 22.0. The number of urea groups is 1. The van der Waals surface area contributed by atoms with Crippen molar-refractivity contribution in [2.75, 3.05) is 49.5 Å². The summed E-state index contributed by atoms with van der Waals surface area (Å²) in [6, 6.07) is 6.32. The van der Waals surface area contributed by atoms with Crippen LogP contribution in [0.5, 0.6) is 0 Å². The summed E-state index contributed by atoms with van der Waals surface area (Å²) < 4.78 is 67.4. The number of rotatable bonds is 9. The van der Waals surface area contributed by atoms with Gasteiger partial charge in [0.1, 0.15) is 0 Å². The van der Waals surface area contributed by atoms with Gasteiger partial charge in [-0.15, -0.1) is 0 Å². The minimum atomic E-state index is -4.24. The highest BCUT2D eigenvalue weighted by Crippen LogP contribution is 2.32. The third-order valence-corrected chi connectivity index (χ3v) is 7.54. The van der Waals surface area contributed by atoms with Crippen LogP contribution in [0.3, 0.4) is 0 Å². The lowest BCUT2D eigenvalue weighted by atomic mass is 9.81. The largest absolute Gasteiger partial charge is 0.396 e. The van der Waals surface area contributed by atoms with Crippen molar-refractivity contribution in [3.63, 3.8) is 0 Å². The summed E-state index contributed by atoms with van der Waals surface area (Å²) in [5.41, 5.74) is 0.0975. The summed E-state index contributed by atoms with van der Waals surface area (Å²) in [4.78, 5) is 28.5. The lowest BCUT2D eigenvalue weighted by Gasteiger charge is -2.37. The maximum absolute atomic E-state index is 14.9. The molecule has 8 nitrogen and oxygen atoms in total. The van der Waals surface area contributed by atoms with E-state index in [1.54, 1.807) is 11.0 Å². The van der Waals surface area contributed by atoms with Crippen LogP contribution < -0.4 is 20.9 Å². The molecule has 2 fully saturated rings. The number of hydrogen-bond donors (Lipinski definition) is 4. The molecule has 0 spiro atoms. The van der Waals surface area contributed by atoms with Gasteiger partial charge in [-0.2, -0.15) is 13.2 Å². The van der Waals surface area contributed by atoms with Gasteiger partial charge in [0.15, 0.2) is 11.6 Å². The number of carbonyl (C=O) groups is 2. The molecule has 0 unspecified atom stereocenters. The smallest absolute Gasteiger partial charge is 0.390 e. The topological polar surface area (TPSA) is 96.9 Å². The number of nitrogens with zero attached hydrogens (tertiary/aromatic N) is 2. The molecule has 4 rings (SSSR count). The molecule has 0 bridgehead atoms. The predicted octanol–water partition coefficient (Wildman–Crippen LogP) is 4.52. The van der Waals surface area contributed by atoms with Crippen molar-refractivity contribution >= 4 is 34.9 Å². The van der Waals surface area contributed by atoms with E-state index in [0.29, 0.717) is 49.7 Å². The van der Waals surface area contributed by atoms with Gasteiger partial charge in [0, 0.05) is 62.5 Å². The fraction of sp³-hybridized carbons (Fsp3) is 0.481. The maximum Gasteiger partial charge on any atom is 0.390 e. The van der Waals surface area contributed by atoms with Gasteiger partial charge in [-0.1, -0.05) is 17.7 Å². The number of amides is 3. The lowest BCUT2D eigenvalue weighted by Crippen LogP contribution is -2.48. The first-order chi connectivity index (χ1) is 19.4. The Kier molecular flexibility index (Phi) is 9.92. The van der Waals surface area contributed by atoms with Gasteiger partial charge in [0.05, 0.1) is 23.4 Å². The normalized spacial score (nSPS) is 19.4. The number of anilines is 2. The fourth-order valence-electron chi connectivity index (χ4n) is 4.87. The molecule has 2 aromatic carbocycles. The summed E-state index contributed by atoms with van der Waals surface area (Å²) in [5.74, 6) is -3.40. The van der Waals surface area contributed by atoms with E-state index in [4.69, 9.17) is 16.7 Å². The van der Waals surface area contributed by atoms with E-state index < -0.39 is 41.7 Å². The minimum absolute atomic E-state index is 0.0505. The number of piperazine rings is 1. The van der Waals surface area contributed by atoms with E-state index in [2.05, 4.69) is 16.0 Å². The Hall–Kier alpha value is -3.16. The van der Waals surface area contributed by atoms with Crippen molar-refractivity contribution in [2.24, 2.45) is 5.92 Å². The molecule has 1 saturated heterocycles. The van der Waals surface area contributed by atoms with Crippen LogP contribution >= 0.6 is 11.6 Å². The van der Waals surface area contributed by atoms with Gasteiger partial charge in [0.2, 0.25) is 0 Å². The van der Waals surface area contributed by atoms with E-state index in [1.807, 2.05) is 4.90 Å². The van der Waals surface area contributed by atoms with Crippen LogP contribution in [-0.2, 0) is 6.54 Å². The van der Waals surface area contributed by atoms with Gasteiger partial charge in [-0.3, -0.25) is 9.69 Å². The molecular weight excluding hydrogens is 573 g/mol. The molecular formula is C27H31ClF5N5O3. The molecule has 41 heavy (non-hydrogen) atoms. The molecule has 1 heterocycles. The highest BCUT2D eigenvalue weighted by atomic mass is 35.5.